The lowest BCUT2D eigenvalue weighted by atomic mass is 9.52. The molecular formula is C21H30N2O2. The molecule has 4 aliphatic rings. The molecule has 1 aromatic rings. The quantitative estimate of drug-likeness (QED) is 0.787. The Balaban J connectivity index is 1.44. The third-order valence-electron chi connectivity index (χ3n) is 6.58. The third-order valence-corrected chi connectivity index (χ3v) is 6.58. The zero-order valence-electron chi connectivity index (χ0n) is 15.5. The van der Waals surface area contributed by atoms with Gasteiger partial charge in [0.05, 0.1) is 5.60 Å². The number of carbonyl (C=O) groups is 1. The summed E-state index contributed by atoms with van der Waals surface area (Å²) in [5.41, 5.74) is 1.03. The predicted octanol–water partition coefficient (Wildman–Crippen LogP) is 3.24. The number of anilines is 1. The van der Waals surface area contributed by atoms with Crippen LogP contribution < -0.4 is 10.6 Å². The van der Waals surface area contributed by atoms with E-state index < -0.39 is 11.1 Å². The molecule has 136 valence electrons. The summed E-state index contributed by atoms with van der Waals surface area (Å²) in [5.74, 6) is 1.59. The number of rotatable bonds is 4. The van der Waals surface area contributed by atoms with E-state index in [1.54, 1.807) is 0 Å². The second kappa shape index (κ2) is 5.73. The van der Waals surface area contributed by atoms with Crippen LogP contribution in [0.4, 0.5) is 5.69 Å². The Hall–Kier alpha value is -1.55. The molecule has 1 aromatic carbocycles. The van der Waals surface area contributed by atoms with E-state index in [2.05, 4.69) is 29.7 Å². The molecule has 0 heterocycles. The van der Waals surface area contributed by atoms with E-state index in [1.807, 2.05) is 26.0 Å². The molecule has 0 spiro atoms. The molecule has 1 amide bonds. The third kappa shape index (κ3) is 3.17. The zero-order valence-corrected chi connectivity index (χ0v) is 15.5. The maximum atomic E-state index is 13.0. The summed E-state index contributed by atoms with van der Waals surface area (Å²) in [5, 5.41) is 17.4. The lowest BCUT2D eigenvalue weighted by Gasteiger charge is -2.58. The first-order chi connectivity index (χ1) is 11.7. The highest BCUT2D eigenvalue weighted by Crippen LogP contribution is 2.55. The highest BCUT2D eigenvalue weighted by Gasteiger charge is 2.55. The Kier molecular flexibility index (Phi) is 3.87. The van der Waals surface area contributed by atoms with Crippen LogP contribution in [0.25, 0.3) is 0 Å². The fourth-order valence-corrected chi connectivity index (χ4v) is 5.69. The molecule has 3 N–H and O–H groups in total. The van der Waals surface area contributed by atoms with Crippen molar-refractivity contribution in [2.75, 3.05) is 5.32 Å². The minimum atomic E-state index is -0.667. The molecule has 4 aliphatic carbocycles. The van der Waals surface area contributed by atoms with Crippen LogP contribution in [0.5, 0.6) is 0 Å². The lowest BCUT2D eigenvalue weighted by molar-refractivity contribution is -0.148. The van der Waals surface area contributed by atoms with E-state index in [-0.39, 0.29) is 11.9 Å². The molecule has 5 atom stereocenters. The Morgan fingerprint density at radius 1 is 1.20 bits per heavy atom. The molecule has 1 unspecified atom stereocenters. The average Bonchev–Trinajstić information content (AvgIpc) is 2.48. The zero-order chi connectivity index (χ0) is 17.8. The molecule has 4 nitrogen and oxygen atoms in total. The van der Waals surface area contributed by atoms with Gasteiger partial charge in [0.1, 0.15) is 5.54 Å². The van der Waals surface area contributed by atoms with E-state index in [0.29, 0.717) is 17.8 Å². The maximum absolute atomic E-state index is 13.0. The summed E-state index contributed by atoms with van der Waals surface area (Å²) < 4.78 is 0. The normalized spacial score (nSPS) is 36.3. The Morgan fingerprint density at radius 2 is 1.88 bits per heavy atom. The van der Waals surface area contributed by atoms with Crippen molar-refractivity contribution in [1.29, 1.82) is 0 Å². The van der Waals surface area contributed by atoms with Crippen LogP contribution in [-0.4, -0.2) is 28.2 Å². The van der Waals surface area contributed by atoms with Crippen molar-refractivity contribution in [3.63, 3.8) is 0 Å². The number of amides is 1. The van der Waals surface area contributed by atoms with Gasteiger partial charge in [-0.2, -0.15) is 0 Å². The van der Waals surface area contributed by atoms with Crippen molar-refractivity contribution in [2.24, 2.45) is 17.8 Å². The summed E-state index contributed by atoms with van der Waals surface area (Å²) in [7, 11) is 0. The summed E-state index contributed by atoms with van der Waals surface area (Å²) in [6.07, 6.45) is 5.01. The van der Waals surface area contributed by atoms with Gasteiger partial charge in [0.15, 0.2) is 0 Å². The van der Waals surface area contributed by atoms with Gasteiger partial charge in [-0.3, -0.25) is 4.79 Å². The Bertz CT molecular complexity index is 668. The minimum absolute atomic E-state index is 0.0541. The topological polar surface area (TPSA) is 61.4 Å². The first-order valence-electron chi connectivity index (χ1n) is 9.62. The molecular weight excluding hydrogens is 312 g/mol. The van der Waals surface area contributed by atoms with E-state index in [0.717, 1.165) is 37.8 Å². The number of carbonyl (C=O) groups excluding carboxylic acids is 1. The molecule has 4 fully saturated rings. The average molecular weight is 342 g/mol. The standard InChI is InChI=1S/C21H30N2O2/c1-13-5-4-6-17(7-13)23-20(2,3)19(24)22-18-15-8-14-9-16(18)12-21(25,10-14)11-15/h4-7,14-16,18,23,25H,8-12H2,1-3H3,(H,22,24)/t14?,15-,16+,18+,21+. The largest absolute Gasteiger partial charge is 0.390 e. The molecule has 0 aromatic heterocycles. The molecule has 0 aliphatic heterocycles. The van der Waals surface area contributed by atoms with Crippen LogP contribution in [0.15, 0.2) is 24.3 Å². The summed E-state index contributed by atoms with van der Waals surface area (Å²) in [6.45, 7) is 5.93. The summed E-state index contributed by atoms with van der Waals surface area (Å²) in [6, 6.07) is 8.35. The first-order valence-corrected chi connectivity index (χ1v) is 9.62. The van der Waals surface area contributed by atoms with Gasteiger partial charge < -0.3 is 15.7 Å². The number of aryl methyl sites for hydroxylation is 1. The van der Waals surface area contributed by atoms with Crippen LogP contribution in [0.2, 0.25) is 0 Å². The number of hydrogen-bond acceptors (Lipinski definition) is 3. The Morgan fingerprint density at radius 3 is 2.48 bits per heavy atom. The second-order valence-corrected chi connectivity index (χ2v) is 9.31. The maximum Gasteiger partial charge on any atom is 0.245 e. The summed E-state index contributed by atoms with van der Waals surface area (Å²) in [4.78, 5) is 13.0. The smallest absolute Gasteiger partial charge is 0.245 e. The lowest BCUT2D eigenvalue weighted by Crippen LogP contribution is -2.63. The molecule has 4 saturated carbocycles. The molecule has 0 saturated heterocycles. The van der Waals surface area contributed by atoms with Crippen molar-refractivity contribution in [2.45, 2.75) is 70.1 Å². The van der Waals surface area contributed by atoms with Crippen molar-refractivity contribution >= 4 is 11.6 Å². The summed E-state index contributed by atoms with van der Waals surface area (Å²) >= 11 is 0. The van der Waals surface area contributed by atoms with Gasteiger partial charge in [0.25, 0.3) is 0 Å². The van der Waals surface area contributed by atoms with Crippen molar-refractivity contribution in [3.05, 3.63) is 29.8 Å². The molecule has 0 radical (unpaired) electrons. The molecule has 5 rings (SSSR count). The van der Waals surface area contributed by atoms with Gasteiger partial charge in [-0.05, 0) is 88.3 Å². The van der Waals surface area contributed by atoms with Crippen LogP contribution in [-0.2, 0) is 4.79 Å². The van der Waals surface area contributed by atoms with Gasteiger partial charge >= 0.3 is 0 Å². The van der Waals surface area contributed by atoms with Crippen LogP contribution in [0.1, 0.15) is 51.5 Å². The highest BCUT2D eigenvalue weighted by atomic mass is 16.3. The molecule has 4 bridgehead atoms. The fourth-order valence-electron chi connectivity index (χ4n) is 5.69. The van der Waals surface area contributed by atoms with E-state index in [4.69, 9.17) is 0 Å². The highest BCUT2D eigenvalue weighted by molar-refractivity contribution is 5.88. The van der Waals surface area contributed by atoms with Crippen LogP contribution in [0, 0.1) is 24.7 Å². The fraction of sp³-hybridized carbons (Fsp3) is 0.667. The van der Waals surface area contributed by atoms with Crippen molar-refractivity contribution in [3.8, 4) is 0 Å². The predicted molar refractivity (Wildman–Crippen MR) is 99.3 cm³/mol. The first kappa shape index (κ1) is 16.9. The van der Waals surface area contributed by atoms with E-state index in [9.17, 15) is 9.90 Å². The van der Waals surface area contributed by atoms with Crippen molar-refractivity contribution < 1.29 is 9.90 Å². The number of nitrogens with one attached hydrogen (secondary N) is 2. The van der Waals surface area contributed by atoms with Gasteiger partial charge in [-0.15, -0.1) is 0 Å². The monoisotopic (exact) mass is 342 g/mol. The van der Waals surface area contributed by atoms with Crippen LogP contribution >= 0.6 is 0 Å². The minimum Gasteiger partial charge on any atom is -0.390 e. The van der Waals surface area contributed by atoms with Gasteiger partial charge in [-0.1, -0.05) is 12.1 Å². The Labute approximate surface area is 150 Å². The molecule has 4 heteroatoms. The number of hydrogen-bond donors (Lipinski definition) is 3. The van der Waals surface area contributed by atoms with E-state index >= 15 is 0 Å². The van der Waals surface area contributed by atoms with Gasteiger partial charge in [0, 0.05) is 11.7 Å². The van der Waals surface area contributed by atoms with Gasteiger partial charge in [-0.25, -0.2) is 0 Å². The second-order valence-electron chi connectivity index (χ2n) is 9.31. The SMILES string of the molecule is Cc1cccc(NC(C)(C)C(=O)N[C@H]2[C@@H]3CC4C[C@H]2C[C@](O)(C4)C3)c1. The van der Waals surface area contributed by atoms with Crippen molar-refractivity contribution in [1.82, 2.24) is 5.32 Å². The van der Waals surface area contributed by atoms with Crippen LogP contribution in [0.3, 0.4) is 0 Å². The van der Waals surface area contributed by atoms with E-state index in [1.165, 1.54) is 5.56 Å². The number of aliphatic hydroxyl groups is 1. The van der Waals surface area contributed by atoms with Gasteiger partial charge in [0.2, 0.25) is 5.91 Å². The number of benzene rings is 1. The molecule has 25 heavy (non-hydrogen) atoms.